The van der Waals surface area contributed by atoms with Crippen LogP contribution in [0.2, 0.25) is 0 Å². The molecule has 25 heavy (non-hydrogen) atoms. The van der Waals surface area contributed by atoms with E-state index in [0.717, 1.165) is 15.4 Å². The lowest BCUT2D eigenvalue weighted by Gasteiger charge is -2.24. The molecule has 1 N–H and O–H groups in total. The van der Waals surface area contributed by atoms with Crippen LogP contribution in [-0.2, 0) is 15.6 Å². The van der Waals surface area contributed by atoms with Gasteiger partial charge >= 0.3 is 0 Å². The molecule has 0 amide bonds. The molecule has 0 aliphatic carbocycles. The number of fused-ring (bicyclic) bond motifs is 1. The molecule has 132 valence electrons. The summed E-state index contributed by atoms with van der Waals surface area (Å²) in [6.45, 7) is 5.38. The number of benzene rings is 2. The van der Waals surface area contributed by atoms with Crippen molar-refractivity contribution in [2.75, 3.05) is 0 Å². The van der Waals surface area contributed by atoms with Crippen LogP contribution in [0.5, 0.6) is 0 Å². The highest BCUT2D eigenvalue weighted by Crippen LogP contribution is 2.34. The largest absolute Gasteiger partial charge is 0.384 e. The zero-order valence-corrected chi connectivity index (χ0v) is 16.7. The van der Waals surface area contributed by atoms with Gasteiger partial charge in [0, 0.05) is 9.86 Å². The average Bonchev–Trinajstić information content (AvgIpc) is 2.95. The van der Waals surface area contributed by atoms with Crippen LogP contribution in [-0.4, -0.2) is 17.5 Å². The normalized spacial score (nSPS) is 14.6. The van der Waals surface area contributed by atoms with Gasteiger partial charge in [-0.2, -0.15) is 0 Å². The van der Waals surface area contributed by atoms with Crippen molar-refractivity contribution in [3.63, 3.8) is 0 Å². The van der Waals surface area contributed by atoms with E-state index in [9.17, 15) is 13.5 Å². The van der Waals surface area contributed by atoms with Gasteiger partial charge in [0.25, 0.3) is 10.0 Å². The number of nitrogens with zero attached hydrogens (tertiary/aromatic N) is 1. The Hall–Kier alpha value is -1.63. The van der Waals surface area contributed by atoms with E-state index in [-0.39, 0.29) is 4.90 Å². The Morgan fingerprint density at radius 1 is 1.12 bits per heavy atom. The molecule has 0 aliphatic heterocycles. The Bertz CT molecular complexity index is 1030. The highest BCUT2D eigenvalue weighted by molar-refractivity contribution is 9.10. The number of hydrogen-bond donors (Lipinski definition) is 1. The predicted molar refractivity (Wildman–Crippen MR) is 103 cm³/mol. The third kappa shape index (κ3) is 3.14. The molecule has 0 radical (unpaired) electrons. The number of halogens is 1. The van der Waals surface area contributed by atoms with Crippen LogP contribution >= 0.6 is 15.9 Å². The maximum atomic E-state index is 13.3. The number of rotatable bonds is 4. The highest BCUT2D eigenvalue weighted by Gasteiger charge is 2.32. The zero-order valence-electron chi connectivity index (χ0n) is 14.3. The van der Waals surface area contributed by atoms with Crippen molar-refractivity contribution in [2.45, 2.75) is 37.7 Å². The first-order valence-electron chi connectivity index (χ1n) is 8.03. The Kier molecular flexibility index (Phi) is 4.56. The van der Waals surface area contributed by atoms with Crippen LogP contribution < -0.4 is 0 Å². The number of aryl methyl sites for hydroxylation is 1. The van der Waals surface area contributed by atoms with Crippen molar-refractivity contribution >= 4 is 36.9 Å². The van der Waals surface area contributed by atoms with Crippen molar-refractivity contribution in [3.05, 3.63) is 64.3 Å². The number of hydrogen-bond acceptors (Lipinski definition) is 3. The molecule has 3 rings (SSSR count). The third-order valence-electron chi connectivity index (χ3n) is 4.52. The van der Waals surface area contributed by atoms with Crippen LogP contribution in [0.1, 0.15) is 31.5 Å². The van der Waals surface area contributed by atoms with Gasteiger partial charge in [-0.25, -0.2) is 12.4 Å². The Morgan fingerprint density at radius 2 is 1.76 bits per heavy atom. The molecule has 4 nitrogen and oxygen atoms in total. The first-order valence-corrected chi connectivity index (χ1v) is 10.3. The van der Waals surface area contributed by atoms with Gasteiger partial charge in [0.15, 0.2) is 0 Å². The lowest BCUT2D eigenvalue weighted by molar-refractivity contribution is 0.0481. The molecular weight excluding hydrogens is 402 g/mol. The fourth-order valence-corrected chi connectivity index (χ4v) is 4.79. The van der Waals surface area contributed by atoms with Crippen LogP contribution in [0.15, 0.2) is 57.9 Å². The van der Waals surface area contributed by atoms with Crippen LogP contribution in [0.3, 0.4) is 0 Å². The van der Waals surface area contributed by atoms with E-state index in [1.807, 2.05) is 19.9 Å². The summed E-state index contributed by atoms with van der Waals surface area (Å²) >= 11 is 3.42. The minimum atomic E-state index is -3.83. The Morgan fingerprint density at radius 3 is 2.36 bits per heavy atom. The molecule has 3 aromatic rings. The monoisotopic (exact) mass is 421 g/mol. The van der Waals surface area contributed by atoms with E-state index in [1.54, 1.807) is 49.4 Å². The molecule has 1 heterocycles. The van der Waals surface area contributed by atoms with E-state index >= 15 is 0 Å². The Labute approximate surface area is 156 Å². The number of aliphatic hydroxyl groups is 1. The van der Waals surface area contributed by atoms with E-state index in [2.05, 4.69) is 15.9 Å². The van der Waals surface area contributed by atoms with Gasteiger partial charge in [-0.15, -0.1) is 0 Å². The first kappa shape index (κ1) is 18.2. The van der Waals surface area contributed by atoms with E-state index in [0.29, 0.717) is 17.6 Å². The lowest BCUT2D eigenvalue weighted by Crippen LogP contribution is -2.27. The summed E-state index contributed by atoms with van der Waals surface area (Å²) in [5.41, 5.74) is 0.640. The van der Waals surface area contributed by atoms with E-state index in [1.165, 1.54) is 3.97 Å². The average molecular weight is 422 g/mol. The summed E-state index contributed by atoms with van der Waals surface area (Å²) in [6, 6.07) is 13.9. The topological polar surface area (TPSA) is 59.3 Å². The second-order valence-electron chi connectivity index (χ2n) is 6.44. The van der Waals surface area contributed by atoms with Gasteiger partial charge in [-0.1, -0.05) is 40.5 Å². The maximum absolute atomic E-state index is 13.3. The van der Waals surface area contributed by atoms with E-state index in [4.69, 9.17) is 0 Å². The lowest BCUT2D eigenvalue weighted by atomic mass is 9.99. The van der Waals surface area contributed by atoms with Crippen molar-refractivity contribution in [3.8, 4) is 0 Å². The molecule has 0 bridgehead atoms. The van der Waals surface area contributed by atoms with Crippen molar-refractivity contribution < 1.29 is 13.5 Å². The summed E-state index contributed by atoms with van der Waals surface area (Å²) in [4.78, 5) is 0.201. The predicted octanol–water partition coefficient (Wildman–Crippen LogP) is 4.57. The first-order chi connectivity index (χ1) is 11.7. The fraction of sp³-hybridized carbons (Fsp3) is 0.263. The van der Waals surface area contributed by atoms with E-state index < -0.39 is 15.6 Å². The van der Waals surface area contributed by atoms with Crippen LogP contribution in [0.4, 0.5) is 0 Å². The third-order valence-corrected chi connectivity index (χ3v) is 6.75. The molecule has 1 unspecified atom stereocenters. The molecule has 1 atom stereocenters. The second kappa shape index (κ2) is 6.27. The van der Waals surface area contributed by atoms with Gasteiger partial charge in [-0.05, 0) is 56.7 Å². The van der Waals surface area contributed by atoms with Gasteiger partial charge in [0.2, 0.25) is 0 Å². The van der Waals surface area contributed by atoms with Crippen molar-refractivity contribution in [1.82, 2.24) is 3.97 Å². The van der Waals surface area contributed by atoms with Gasteiger partial charge < -0.3 is 5.11 Å². The fourth-order valence-electron chi connectivity index (χ4n) is 2.79. The maximum Gasteiger partial charge on any atom is 0.268 e. The van der Waals surface area contributed by atoms with Crippen molar-refractivity contribution in [2.24, 2.45) is 0 Å². The van der Waals surface area contributed by atoms with Crippen LogP contribution in [0, 0.1) is 6.92 Å². The molecular formula is C19H20BrNO3S. The molecule has 0 saturated carbocycles. The van der Waals surface area contributed by atoms with Gasteiger partial charge in [0.1, 0.15) is 5.60 Å². The molecule has 0 saturated heterocycles. The zero-order chi connectivity index (χ0) is 18.4. The summed E-state index contributed by atoms with van der Waals surface area (Å²) in [5.74, 6) is 0. The quantitative estimate of drug-likeness (QED) is 0.670. The van der Waals surface area contributed by atoms with Crippen LogP contribution in [0.25, 0.3) is 10.9 Å². The molecule has 1 aromatic heterocycles. The second-order valence-corrected chi connectivity index (χ2v) is 9.14. The summed E-state index contributed by atoms with van der Waals surface area (Å²) in [7, 11) is -3.83. The summed E-state index contributed by atoms with van der Waals surface area (Å²) in [6.07, 6.45) is 0.397. The molecule has 0 fully saturated rings. The smallest absolute Gasteiger partial charge is 0.268 e. The Balaban J connectivity index is 2.37. The summed E-state index contributed by atoms with van der Waals surface area (Å²) in [5, 5.41) is 11.6. The SMILES string of the molecule is CCC(C)(O)c1cc2cc(Br)ccc2n1S(=O)(=O)c1ccc(C)cc1. The van der Waals surface area contributed by atoms with Gasteiger partial charge in [0.05, 0.1) is 16.1 Å². The molecule has 6 heteroatoms. The standard InChI is InChI=1S/C19H20BrNO3S/c1-4-19(3,22)18-12-14-11-15(20)7-10-17(14)21(18)25(23,24)16-8-5-13(2)6-9-16/h5-12,22H,4H2,1-3H3. The number of aromatic nitrogens is 1. The van der Waals surface area contributed by atoms with Gasteiger partial charge in [-0.3, -0.25) is 0 Å². The molecule has 0 aliphatic rings. The van der Waals surface area contributed by atoms with Crippen molar-refractivity contribution in [1.29, 1.82) is 0 Å². The summed E-state index contributed by atoms with van der Waals surface area (Å²) < 4.78 is 28.8. The highest BCUT2D eigenvalue weighted by atomic mass is 79.9. The molecule has 0 spiro atoms. The molecule has 2 aromatic carbocycles. The minimum absolute atomic E-state index is 0.201. The minimum Gasteiger partial charge on any atom is -0.384 e.